The molecule has 0 saturated heterocycles. The largest absolute Gasteiger partial charge is 0.508 e. The molecule has 99 valence electrons. The van der Waals surface area contributed by atoms with Crippen molar-refractivity contribution in [3.8, 4) is 5.75 Å². The topological polar surface area (TPSA) is 54.3 Å². The summed E-state index contributed by atoms with van der Waals surface area (Å²) in [6.45, 7) is 0. The maximum atomic E-state index is 12.3. The van der Waals surface area contributed by atoms with Gasteiger partial charge in [-0.15, -0.1) is 0 Å². The fourth-order valence-corrected chi connectivity index (χ4v) is 2.19. The molecule has 1 amide bonds. The highest BCUT2D eigenvalue weighted by atomic mass is 16.3. The summed E-state index contributed by atoms with van der Waals surface area (Å²) >= 11 is 0. The molecule has 1 radical (unpaired) electrons. The number of nitrogens with zero attached hydrogens (tertiary/aromatic N) is 1. The standard InChI is InChI=1S/C16H13N2O2/c1-18-10-14(13-9-12(19)7-8-15(13)18)16(20)17-11-5-3-2-4-6-11/h2-9,19H,1H3,(H,17,20). The van der Waals surface area contributed by atoms with Crippen molar-refractivity contribution in [2.45, 2.75) is 0 Å². The van der Waals surface area contributed by atoms with Gasteiger partial charge in [0.15, 0.2) is 0 Å². The van der Waals surface area contributed by atoms with Crippen molar-refractivity contribution in [1.82, 2.24) is 4.57 Å². The smallest absolute Gasteiger partial charge is 0.258 e. The van der Waals surface area contributed by atoms with Crippen LogP contribution in [0.4, 0.5) is 5.69 Å². The molecule has 0 unspecified atom stereocenters. The highest BCUT2D eigenvalue weighted by molar-refractivity contribution is 6.12. The number of carbonyl (C=O) groups excluding carboxylic acids is 1. The lowest BCUT2D eigenvalue weighted by atomic mass is 10.1. The zero-order valence-electron chi connectivity index (χ0n) is 10.9. The van der Waals surface area contributed by atoms with Gasteiger partial charge in [-0.2, -0.15) is 0 Å². The number of phenols is 1. The molecule has 4 heteroatoms. The number of aromatic hydroxyl groups is 1. The molecule has 0 aliphatic rings. The van der Waals surface area contributed by atoms with Crippen molar-refractivity contribution in [1.29, 1.82) is 0 Å². The number of carbonyl (C=O) groups is 1. The third-order valence-electron chi connectivity index (χ3n) is 3.15. The van der Waals surface area contributed by atoms with Crippen molar-refractivity contribution in [3.05, 3.63) is 60.3 Å². The number of aryl methyl sites for hydroxylation is 1. The maximum Gasteiger partial charge on any atom is 0.258 e. The van der Waals surface area contributed by atoms with Crippen LogP contribution < -0.4 is 5.32 Å². The molecule has 3 rings (SSSR count). The van der Waals surface area contributed by atoms with Gasteiger partial charge >= 0.3 is 0 Å². The summed E-state index contributed by atoms with van der Waals surface area (Å²) in [4.78, 5) is 12.3. The van der Waals surface area contributed by atoms with Crippen LogP contribution in [0.15, 0.2) is 48.5 Å². The highest BCUT2D eigenvalue weighted by Crippen LogP contribution is 2.25. The Morgan fingerprint density at radius 3 is 2.70 bits per heavy atom. The van der Waals surface area contributed by atoms with Crippen molar-refractivity contribution in [2.24, 2.45) is 7.05 Å². The second-order valence-corrected chi connectivity index (χ2v) is 4.57. The van der Waals surface area contributed by atoms with Crippen LogP contribution in [0.3, 0.4) is 0 Å². The second kappa shape index (κ2) is 4.74. The van der Waals surface area contributed by atoms with Crippen LogP contribution in [-0.4, -0.2) is 15.6 Å². The van der Waals surface area contributed by atoms with Crippen LogP contribution in [0.25, 0.3) is 10.9 Å². The summed E-state index contributed by atoms with van der Waals surface area (Å²) in [6.07, 6.45) is 2.99. The third kappa shape index (κ3) is 2.12. The monoisotopic (exact) mass is 265 g/mol. The molecule has 20 heavy (non-hydrogen) atoms. The average molecular weight is 265 g/mol. The van der Waals surface area contributed by atoms with E-state index >= 15 is 0 Å². The Bertz CT molecular complexity index is 776. The van der Waals surface area contributed by atoms with E-state index < -0.39 is 0 Å². The van der Waals surface area contributed by atoms with E-state index in [1.165, 1.54) is 0 Å². The summed E-state index contributed by atoms with van der Waals surface area (Å²) in [5, 5.41) is 13.1. The first-order valence-corrected chi connectivity index (χ1v) is 6.22. The molecular formula is C16H13N2O2. The zero-order valence-corrected chi connectivity index (χ0v) is 10.9. The Morgan fingerprint density at radius 1 is 1.20 bits per heavy atom. The lowest BCUT2D eigenvalue weighted by Crippen LogP contribution is -2.11. The predicted molar refractivity (Wildman–Crippen MR) is 77.8 cm³/mol. The van der Waals surface area contributed by atoms with Crippen LogP contribution in [0.5, 0.6) is 5.75 Å². The molecule has 0 atom stereocenters. The zero-order chi connectivity index (χ0) is 14.1. The van der Waals surface area contributed by atoms with Gasteiger partial charge in [-0.1, -0.05) is 18.2 Å². The second-order valence-electron chi connectivity index (χ2n) is 4.57. The molecule has 1 aromatic heterocycles. The first kappa shape index (κ1) is 12.3. The molecule has 3 aromatic rings. The number of anilines is 1. The van der Waals surface area contributed by atoms with E-state index in [9.17, 15) is 9.90 Å². The number of benzene rings is 2. The highest BCUT2D eigenvalue weighted by Gasteiger charge is 2.15. The molecule has 0 saturated carbocycles. The van der Waals surface area contributed by atoms with Crippen molar-refractivity contribution < 1.29 is 9.90 Å². The number of phenolic OH excluding ortho intramolecular Hbond substituents is 1. The first-order valence-electron chi connectivity index (χ1n) is 6.22. The Kier molecular flexibility index (Phi) is 2.91. The molecule has 2 N–H and O–H groups in total. The fourth-order valence-electron chi connectivity index (χ4n) is 2.19. The number of fused-ring (bicyclic) bond motifs is 1. The van der Waals surface area contributed by atoms with E-state index in [0.29, 0.717) is 10.9 Å². The number of hydrogen-bond donors (Lipinski definition) is 2. The van der Waals surface area contributed by atoms with Crippen LogP contribution in [0.1, 0.15) is 10.4 Å². The summed E-state index contributed by atoms with van der Waals surface area (Å²) in [5.41, 5.74) is 1.99. The minimum Gasteiger partial charge on any atom is -0.508 e. The van der Waals surface area contributed by atoms with Gasteiger partial charge in [-0.3, -0.25) is 4.79 Å². The molecule has 0 bridgehead atoms. The summed E-state index contributed by atoms with van der Waals surface area (Å²) in [7, 11) is 1.82. The first-order chi connectivity index (χ1) is 9.65. The normalized spacial score (nSPS) is 10.7. The van der Waals surface area contributed by atoms with Crippen molar-refractivity contribution in [2.75, 3.05) is 5.32 Å². The Balaban J connectivity index is 2.01. The van der Waals surface area contributed by atoms with Gasteiger partial charge in [0.25, 0.3) is 5.91 Å². The maximum absolute atomic E-state index is 12.3. The van der Waals surface area contributed by atoms with Crippen molar-refractivity contribution in [3.63, 3.8) is 0 Å². The molecule has 1 heterocycles. The van der Waals surface area contributed by atoms with Gasteiger partial charge in [0, 0.05) is 23.6 Å². The summed E-state index contributed by atoms with van der Waals surface area (Å²) < 4.78 is 1.74. The lowest BCUT2D eigenvalue weighted by molar-refractivity contribution is 0.102. The molecule has 0 spiro atoms. The van der Waals surface area contributed by atoms with Gasteiger partial charge in [0.05, 0.1) is 11.8 Å². The fraction of sp³-hybridized carbons (Fsp3) is 0.0625. The van der Waals surface area contributed by atoms with Crippen LogP contribution >= 0.6 is 0 Å². The summed E-state index contributed by atoms with van der Waals surface area (Å²) in [5.74, 6) is -0.113. The SMILES string of the molecule is Cn1[c]c(C(=O)Nc2ccccc2)c2cc(O)ccc21. The quantitative estimate of drug-likeness (QED) is 0.748. The molecular weight excluding hydrogens is 252 g/mol. The number of nitrogens with one attached hydrogen (secondary N) is 1. The van der Waals surface area contributed by atoms with E-state index in [1.807, 2.05) is 37.4 Å². The minimum absolute atomic E-state index is 0.130. The summed E-state index contributed by atoms with van der Waals surface area (Å²) in [6, 6.07) is 14.2. The Hall–Kier alpha value is -2.75. The number of aromatic nitrogens is 1. The van der Waals surface area contributed by atoms with Crippen molar-refractivity contribution >= 4 is 22.5 Å². The number of para-hydroxylation sites is 1. The van der Waals surface area contributed by atoms with E-state index in [1.54, 1.807) is 22.8 Å². The number of hydrogen-bond acceptors (Lipinski definition) is 2. The van der Waals surface area contributed by atoms with E-state index in [0.717, 1.165) is 11.2 Å². The third-order valence-corrected chi connectivity index (χ3v) is 3.15. The minimum atomic E-state index is -0.243. The Labute approximate surface area is 116 Å². The predicted octanol–water partition coefficient (Wildman–Crippen LogP) is 2.94. The van der Waals surface area contributed by atoms with Gasteiger partial charge in [0.2, 0.25) is 0 Å². The molecule has 0 fully saturated rings. The molecule has 4 nitrogen and oxygen atoms in total. The van der Waals surface area contributed by atoms with Gasteiger partial charge in [-0.05, 0) is 30.3 Å². The molecule has 2 aromatic carbocycles. The van der Waals surface area contributed by atoms with Gasteiger partial charge in [-0.25, -0.2) is 0 Å². The van der Waals surface area contributed by atoms with Crippen LogP contribution in [-0.2, 0) is 7.05 Å². The Morgan fingerprint density at radius 2 is 1.95 bits per heavy atom. The average Bonchev–Trinajstić information content (AvgIpc) is 2.77. The molecule has 0 aliphatic carbocycles. The van der Waals surface area contributed by atoms with Crippen LogP contribution in [0, 0.1) is 6.20 Å². The van der Waals surface area contributed by atoms with Gasteiger partial charge < -0.3 is 15.0 Å². The molecule has 0 aliphatic heterocycles. The van der Waals surface area contributed by atoms with E-state index in [4.69, 9.17) is 0 Å². The van der Waals surface area contributed by atoms with E-state index in [2.05, 4.69) is 11.5 Å². The van der Waals surface area contributed by atoms with E-state index in [-0.39, 0.29) is 11.7 Å². The number of amides is 1. The number of rotatable bonds is 2. The lowest BCUT2D eigenvalue weighted by Gasteiger charge is -2.03. The van der Waals surface area contributed by atoms with Gasteiger partial charge in [0.1, 0.15) is 5.75 Å². The van der Waals surface area contributed by atoms with Crippen LogP contribution in [0.2, 0.25) is 0 Å².